The van der Waals surface area contributed by atoms with Gasteiger partial charge in [0.25, 0.3) is 0 Å². The first-order valence-electron chi connectivity index (χ1n) is 4.00. The minimum Gasteiger partial charge on any atom is -0.102 e. The van der Waals surface area contributed by atoms with Crippen LogP contribution in [0.3, 0.4) is 0 Å². The van der Waals surface area contributed by atoms with Crippen molar-refractivity contribution >= 4 is 0 Å². The molecule has 0 aliphatic carbocycles. The number of aryl methyl sites for hydroxylation is 1. The second-order valence-electron chi connectivity index (χ2n) is 2.61. The Balaban J connectivity index is 2.84. The van der Waals surface area contributed by atoms with Gasteiger partial charge in [0, 0.05) is 12.0 Å². The number of hydrogen-bond donors (Lipinski definition) is 0. The molecule has 0 N–H and O–H groups in total. The minimum absolute atomic E-state index is 0.758. The fourth-order valence-corrected chi connectivity index (χ4v) is 0.932. The third kappa shape index (κ3) is 2.29. The van der Waals surface area contributed by atoms with Gasteiger partial charge in [-0.1, -0.05) is 36.1 Å². The molecular formula is C12H12. The zero-order chi connectivity index (χ0) is 8.81. The fraction of sp³-hybridized carbons (Fsp3) is 0.167. The van der Waals surface area contributed by atoms with Crippen LogP contribution in [0.15, 0.2) is 36.9 Å². The van der Waals surface area contributed by atoms with Crippen LogP contribution in [-0.2, 0) is 0 Å². The van der Waals surface area contributed by atoms with E-state index < -0.39 is 0 Å². The lowest BCUT2D eigenvalue weighted by Crippen LogP contribution is -1.78. The average molecular weight is 156 g/mol. The van der Waals surface area contributed by atoms with Gasteiger partial charge in [-0.25, -0.2) is 0 Å². The van der Waals surface area contributed by atoms with E-state index in [4.69, 9.17) is 0 Å². The van der Waals surface area contributed by atoms with E-state index in [1.807, 2.05) is 24.3 Å². The van der Waals surface area contributed by atoms with Gasteiger partial charge in [0.2, 0.25) is 0 Å². The third-order valence-corrected chi connectivity index (χ3v) is 1.61. The molecule has 1 rings (SSSR count). The molecule has 0 unspecified atom stereocenters. The third-order valence-electron chi connectivity index (χ3n) is 1.61. The molecule has 0 saturated heterocycles. The Morgan fingerprint density at radius 3 is 2.83 bits per heavy atom. The summed E-state index contributed by atoms with van der Waals surface area (Å²) in [7, 11) is 0. The van der Waals surface area contributed by atoms with Gasteiger partial charge in [-0.05, 0) is 18.6 Å². The van der Waals surface area contributed by atoms with E-state index >= 15 is 0 Å². The summed E-state index contributed by atoms with van der Waals surface area (Å²) in [5.41, 5.74) is 2.34. The van der Waals surface area contributed by atoms with E-state index in [9.17, 15) is 0 Å². The molecule has 1 aromatic carbocycles. The van der Waals surface area contributed by atoms with Crippen molar-refractivity contribution in [2.75, 3.05) is 0 Å². The van der Waals surface area contributed by atoms with E-state index in [-0.39, 0.29) is 0 Å². The van der Waals surface area contributed by atoms with Gasteiger partial charge in [0.15, 0.2) is 0 Å². The van der Waals surface area contributed by atoms with Crippen LogP contribution in [-0.4, -0.2) is 0 Å². The highest BCUT2D eigenvalue weighted by Crippen LogP contribution is 2.04. The van der Waals surface area contributed by atoms with Gasteiger partial charge in [-0.15, -0.1) is 6.58 Å². The molecule has 0 bridgehead atoms. The summed E-state index contributed by atoms with van der Waals surface area (Å²) in [4.78, 5) is 0. The highest BCUT2D eigenvalue weighted by atomic mass is 13.9. The largest absolute Gasteiger partial charge is 0.102 e. The SMILES string of the molecule is C=CCC#Cc1ccccc1C. The monoisotopic (exact) mass is 156 g/mol. The molecule has 60 valence electrons. The first-order valence-corrected chi connectivity index (χ1v) is 4.00. The van der Waals surface area contributed by atoms with Crippen molar-refractivity contribution in [2.24, 2.45) is 0 Å². The lowest BCUT2D eigenvalue weighted by molar-refractivity contribution is 1.42. The molecule has 0 heteroatoms. The number of hydrogen-bond acceptors (Lipinski definition) is 0. The van der Waals surface area contributed by atoms with Gasteiger partial charge in [0.1, 0.15) is 0 Å². The Kier molecular flexibility index (Phi) is 3.17. The Labute approximate surface area is 73.9 Å². The first-order chi connectivity index (χ1) is 5.84. The summed E-state index contributed by atoms with van der Waals surface area (Å²) in [6.07, 6.45) is 2.57. The summed E-state index contributed by atoms with van der Waals surface area (Å²) in [5.74, 6) is 6.12. The Hall–Kier alpha value is -1.48. The number of rotatable bonds is 1. The van der Waals surface area contributed by atoms with Crippen LogP contribution < -0.4 is 0 Å². The maximum atomic E-state index is 3.61. The predicted molar refractivity (Wildman–Crippen MR) is 52.9 cm³/mol. The smallest absolute Gasteiger partial charge is 0.0274 e. The predicted octanol–water partition coefficient (Wildman–Crippen LogP) is 2.92. The van der Waals surface area contributed by atoms with Gasteiger partial charge < -0.3 is 0 Å². The van der Waals surface area contributed by atoms with Crippen LogP contribution in [0.5, 0.6) is 0 Å². The molecule has 0 spiro atoms. The van der Waals surface area contributed by atoms with Crippen LogP contribution in [0, 0.1) is 18.8 Å². The minimum atomic E-state index is 0.758. The van der Waals surface area contributed by atoms with Crippen molar-refractivity contribution in [1.29, 1.82) is 0 Å². The van der Waals surface area contributed by atoms with E-state index in [2.05, 4.69) is 31.4 Å². The number of allylic oxidation sites excluding steroid dienone is 1. The quantitative estimate of drug-likeness (QED) is 0.433. The Bertz CT molecular complexity index is 323. The summed E-state index contributed by atoms with van der Waals surface area (Å²) in [6.45, 7) is 5.68. The average Bonchev–Trinajstić information content (AvgIpc) is 2.09. The first kappa shape index (κ1) is 8.62. The van der Waals surface area contributed by atoms with Crippen molar-refractivity contribution in [3.63, 3.8) is 0 Å². The molecule has 12 heavy (non-hydrogen) atoms. The molecule has 0 heterocycles. The zero-order valence-electron chi connectivity index (χ0n) is 7.30. The molecule has 0 radical (unpaired) electrons. The molecule has 0 amide bonds. The van der Waals surface area contributed by atoms with Crippen molar-refractivity contribution in [1.82, 2.24) is 0 Å². The Morgan fingerprint density at radius 1 is 1.42 bits per heavy atom. The fourth-order valence-electron chi connectivity index (χ4n) is 0.932. The molecule has 0 nitrogen and oxygen atoms in total. The summed E-state index contributed by atoms with van der Waals surface area (Å²) in [6, 6.07) is 8.13. The lowest BCUT2D eigenvalue weighted by atomic mass is 10.1. The second kappa shape index (κ2) is 4.41. The van der Waals surface area contributed by atoms with Crippen LogP contribution in [0.4, 0.5) is 0 Å². The highest BCUT2D eigenvalue weighted by Gasteiger charge is 1.88. The van der Waals surface area contributed by atoms with E-state index in [0.29, 0.717) is 0 Å². The molecule has 1 aromatic rings. The van der Waals surface area contributed by atoms with Crippen molar-refractivity contribution < 1.29 is 0 Å². The van der Waals surface area contributed by atoms with Gasteiger partial charge in [-0.3, -0.25) is 0 Å². The molecule has 0 aliphatic rings. The van der Waals surface area contributed by atoms with Crippen LogP contribution in [0.1, 0.15) is 17.5 Å². The second-order valence-corrected chi connectivity index (χ2v) is 2.61. The van der Waals surface area contributed by atoms with Crippen molar-refractivity contribution in [2.45, 2.75) is 13.3 Å². The van der Waals surface area contributed by atoms with Crippen LogP contribution in [0.25, 0.3) is 0 Å². The maximum Gasteiger partial charge on any atom is 0.0274 e. The van der Waals surface area contributed by atoms with E-state index in [1.165, 1.54) is 5.56 Å². The summed E-state index contributed by atoms with van der Waals surface area (Å²) in [5, 5.41) is 0. The Morgan fingerprint density at radius 2 is 2.17 bits per heavy atom. The van der Waals surface area contributed by atoms with Gasteiger partial charge in [-0.2, -0.15) is 0 Å². The number of benzene rings is 1. The van der Waals surface area contributed by atoms with Crippen LogP contribution in [0.2, 0.25) is 0 Å². The topological polar surface area (TPSA) is 0 Å². The van der Waals surface area contributed by atoms with E-state index in [0.717, 1.165) is 12.0 Å². The lowest BCUT2D eigenvalue weighted by Gasteiger charge is -1.93. The molecule has 0 aromatic heterocycles. The molecular weight excluding hydrogens is 144 g/mol. The summed E-state index contributed by atoms with van der Waals surface area (Å²) >= 11 is 0. The zero-order valence-corrected chi connectivity index (χ0v) is 7.30. The van der Waals surface area contributed by atoms with Gasteiger partial charge >= 0.3 is 0 Å². The normalized spacial score (nSPS) is 8.42. The standard InChI is InChI=1S/C12H12/c1-3-4-5-9-12-10-7-6-8-11(12)2/h3,6-8,10H,1,4H2,2H3. The van der Waals surface area contributed by atoms with Gasteiger partial charge in [0.05, 0.1) is 0 Å². The summed E-state index contributed by atoms with van der Waals surface area (Å²) < 4.78 is 0. The van der Waals surface area contributed by atoms with Crippen molar-refractivity contribution in [3.05, 3.63) is 48.0 Å². The molecule has 0 atom stereocenters. The highest BCUT2D eigenvalue weighted by molar-refractivity contribution is 5.40. The van der Waals surface area contributed by atoms with Crippen LogP contribution >= 0.6 is 0 Å². The molecule has 0 fully saturated rings. The molecule has 0 aliphatic heterocycles. The van der Waals surface area contributed by atoms with Crippen molar-refractivity contribution in [3.8, 4) is 11.8 Å². The van der Waals surface area contributed by atoms with E-state index in [1.54, 1.807) is 0 Å². The maximum absolute atomic E-state index is 3.61. The molecule has 0 saturated carbocycles.